The lowest BCUT2D eigenvalue weighted by Crippen LogP contribution is -2.44. The predicted octanol–water partition coefficient (Wildman–Crippen LogP) is 1.51. The van der Waals surface area contributed by atoms with Crippen molar-refractivity contribution in [2.24, 2.45) is 0 Å². The topological polar surface area (TPSA) is 18.5 Å². The Labute approximate surface area is 111 Å². The standard InChI is InChI=1S/C15H25N3/c1-13-5-4-6-15(17(2)3)14(13)7-10-18-11-8-16-9-12-18/h4-6,16H,7-12H2,1-3H3. The van der Waals surface area contributed by atoms with E-state index in [1.807, 2.05) is 0 Å². The van der Waals surface area contributed by atoms with Crippen LogP contribution in [0.1, 0.15) is 11.1 Å². The Morgan fingerprint density at radius 1 is 1.22 bits per heavy atom. The Kier molecular flexibility index (Phi) is 4.61. The third kappa shape index (κ3) is 3.24. The van der Waals surface area contributed by atoms with Gasteiger partial charge in [0.15, 0.2) is 0 Å². The van der Waals surface area contributed by atoms with Crippen LogP contribution in [0.3, 0.4) is 0 Å². The number of hydrogen-bond donors (Lipinski definition) is 1. The minimum atomic E-state index is 1.13. The highest BCUT2D eigenvalue weighted by molar-refractivity contribution is 5.55. The van der Waals surface area contributed by atoms with Crippen molar-refractivity contribution in [3.05, 3.63) is 29.3 Å². The van der Waals surface area contributed by atoms with Crippen molar-refractivity contribution >= 4 is 5.69 Å². The van der Waals surface area contributed by atoms with Crippen LogP contribution in [-0.2, 0) is 6.42 Å². The molecule has 0 spiro atoms. The highest BCUT2D eigenvalue weighted by Gasteiger charge is 2.12. The fraction of sp³-hybridized carbons (Fsp3) is 0.600. The molecule has 1 aliphatic heterocycles. The minimum absolute atomic E-state index is 1.13. The van der Waals surface area contributed by atoms with Gasteiger partial charge in [0.1, 0.15) is 0 Å². The van der Waals surface area contributed by atoms with E-state index in [4.69, 9.17) is 0 Å². The number of nitrogens with zero attached hydrogens (tertiary/aromatic N) is 2. The number of benzene rings is 1. The van der Waals surface area contributed by atoms with Crippen LogP contribution in [0.2, 0.25) is 0 Å². The molecule has 0 aliphatic carbocycles. The average Bonchev–Trinajstić information content (AvgIpc) is 2.38. The van der Waals surface area contributed by atoms with Gasteiger partial charge >= 0.3 is 0 Å². The summed E-state index contributed by atoms with van der Waals surface area (Å²) in [5, 5.41) is 3.40. The maximum absolute atomic E-state index is 3.40. The quantitative estimate of drug-likeness (QED) is 0.870. The van der Waals surface area contributed by atoms with Gasteiger partial charge in [-0.25, -0.2) is 0 Å². The van der Waals surface area contributed by atoms with Crippen molar-refractivity contribution < 1.29 is 0 Å². The van der Waals surface area contributed by atoms with Crippen LogP contribution in [0.4, 0.5) is 5.69 Å². The van der Waals surface area contributed by atoms with Gasteiger partial charge in [-0.3, -0.25) is 0 Å². The molecule has 0 aromatic heterocycles. The normalized spacial score (nSPS) is 16.8. The smallest absolute Gasteiger partial charge is 0.0396 e. The fourth-order valence-corrected chi connectivity index (χ4v) is 2.64. The van der Waals surface area contributed by atoms with Crippen molar-refractivity contribution in [3.63, 3.8) is 0 Å². The predicted molar refractivity (Wildman–Crippen MR) is 78.5 cm³/mol. The number of anilines is 1. The van der Waals surface area contributed by atoms with E-state index in [-0.39, 0.29) is 0 Å². The van der Waals surface area contributed by atoms with Crippen LogP contribution in [0, 0.1) is 6.92 Å². The first-order chi connectivity index (χ1) is 8.68. The highest BCUT2D eigenvalue weighted by Crippen LogP contribution is 2.22. The SMILES string of the molecule is Cc1cccc(N(C)C)c1CCN1CCNCC1. The molecule has 0 amide bonds. The lowest BCUT2D eigenvalue weighted by molar-refractivity contribution is 0.244. The van der Waals surface area contributed by atoms with E-state index < -0.39 is 0 Å². The fourth-order valence-electron chi connectivity index (χ4n) is 2.64. The third-order valence-corrected chi connectivity index (χ3v) is 3.75. The highest BCUT2D eigenvalue weighted by atomic mass is 15.2. The molecule has 3 nitrogen and oxygen atoms in total. The van der Waals surface area contributed by atoms with Gasteiger partial charge in [0.2, 0.25) is 0 Å². The largest absolute Gasteiger partial charge is 0.377 e. The van der Waals surface area contributed by atoms with Gasteiger partial charge in [-0.2, -0.15) is 0 Å². The van der Waals surface area contributed by atoms with Crippen molar-refractivity contribution in [3.8, 4) is 0 Å². The molecule has 0 saturated carbocycles. The monoisotopic (exact) mass is 247 g/mol. The maximum atomic E-state index is 3.40. The summed E-state index contributed by atoms with van der Waals surface area (Å²) in [4.78, 5) is 4.78. The Hall–Kier alpha value is -1.06. The van der Waals surface area contributed by atoms with Crippen molar-refractivity contribution in [1.29, 1.82) is 0 Å². The van der Waals surface area contributed by atoms with Crippen molar-refractivity contribution in [2.45, 2.75) is 13.3 Å². The zero-order chi connectivity index (χ0) is 13.0. The Balaban J connectivity index is 2.03. The molecule has 1 saturated heterocycles. The van der Waals surface area contributed by atoms with E-state index in [0.29, 0.717) is 0 Å². The molecule has 1 heterocycles. The van der Waals surface area contributed by atoms with Crippen LogP contribution < -0.4 is 10.2 Å². The Morgan fingerprint density at radius 3 is 2.61 bits per heavy atom. The van der Waals surface area contributed by atoms with Crippen LogP contribution in [0.5, 0.6) is 0 Å². The molecule has 0 atom stereocenters. The van der Waals surface area contributed by atoms with E-state index in [2.05, 4.69) is 54.3 Å². The van der Waals surface area contributed by atoms with Crippen LogP contribution in [0.25, 0.3) is 0 Å². The molecule has 1 aliphatic rings. The molecule has 0 radical (unpaired) electrons. The van der Waals surface area contributed by atoms with Gasteiger partial charge in [-0.1, -0.05) is 12.1 Å². The van der Waals surface area contributed by atoms with Crippen LogP contribution >= 0.6 is 0 Å². The molecule has 18 heavy (non-hydrogen) atoms. The lowest BCUT2D eigenvalue weighted by Gasteiger charge is -2.28. The lowest BCUT2D eigenvalue weighted by atomic mass is 10.0. The minimum Gasteiger partial charge on any atom is -0.377 e. The number of rotatable bonds is 4. The number of piperazine rings is 1. The molecular weight excluding hydrogens is 222 g/mol. The Bertz CT molecular complexity index is 381. The summed E-state index contributed by atoms with van der Waals surface area (Å²) in [6.07, 6.45) is 1.15. The van der Waals surface area contributed by atoms with E-state index in [1.165, 1.54) is 36.4 Å². The van der Waals surface area contributed by atoms with Crippen LogP contribution in [0.15, 0.2) is 18.2 Å². The average molecular weight is 247 g/mol. The van der Waals surface area contributed by atoms with E-state index >= 15 is 0 Å². The number of aryl methyl sites for hydroxylation is 1. The van der Waals surface area contributed by atoms with Gasteiger partial charge in [-0.05, 0) is 30.5 Å². The second kappa shape index (κ2) is 6.21. The third-order valence-electron chi connectivity index (χ3n) is 3.75. The zero-order valence-electron chi connectivity index (χ0n) is 11.9. The van der Waals surface area contributed by atoms with E-state index in [9.17, 15) is 0 Å². The summed E-state index contributed by atoms with van der Waals surface area (Å²) >= 11 is 0. The van der Waals surface area contributed by atoms with Gasteiger partial charge in [0.05, 0.1) is 0 Å². The molecule has 1 aromatic carbocycles. The molecule has 3 heteroatoms. The first-order valence-electron chi connectivity index (χ1n) is 6.87. The zero-order valence-corrected chi connectivity index (χ0v) is 11.9. The molecule has 0 unspecified atom stereocenters. The second-order valence-corrected chi connectivity index (χ2v) is 5.31. The maximum Gasteiger partial charge on any atom is 0.0396 e. The molecule has 100 valence electrons. The summed E-state index contributed by atoms with van der Waals surface area (Å²) in [5.74, 6) is 0. The van der Waals surface area contributed by atoms with Gasteiger partial charge in [-0.15, -0.1) is 0 Å². The molecule has 2 rings (SSSR count). The second-order valence-electron chi connectivity index (χ2n) is 5.31. The van der Waals surface area contributed by atoms with Crippen molar-refractivity contribution in [1.82, 2.24) is 10.2 Å². The van der Waals surface area contributed by atoms with Crippen molar-refractivity contribution in [2.75, 3.05) is 51.7 Å². The summed E-state index contributed by atoms with van der Waals surface area (Å²) < 4.78 is 0. The summed E-state index contributed by atoms with van der Waals surface area (Å²) in [5.41, 5.74) is 4.28. The molecule has 0 bridgehead atoms. The molecule has 1 fully saturated rings. The van der Waals surface area contributed by atoms with Gasteiger partial charge in [0.25, 0.3) is 0 Å². The molecule has 1 aromatic rings. The number of hydrogen-bond acceptors (Lipinski definition) is 3. The van der Waals surface area contributed by atoms with Crippen LogP contribution in [-0.4, -0.2) is 51.7 Å². The molecular formula is C15H25N3. The first kappa shape index (κ1) is 13.4. The summed E-state index contributed by atoms with van der Waals surface area (Å²) in [6, 6.07) is 6.60. The summed E-state index contributed by atoms with van der Waals surface area (Å²) in [6.45, 7) is 8.03. The first-order valence-corrected chi connectivity index (χ1v) is 6.87. The van der Waals surface area contributed by atoms with Gasteiger partial charge in [0, 0.05) is 52.5 Å². The van der Waals surface area contributed by atoms with Gasteiger partial charge < -0.3 is 15.1 Å². The number of nitrogens with one attached hydrogen (secondary N) is 1. The Morgan fingerprint density at radius 2 is 1.94 bits per heavy atom. The van der Waals surface area contributed by atoms with E-state index in [0.717, 1.165) is 19.5 Å². The van der Waals surface area contributed by atoms with E-state index in [1.54, 1.807) is 0 Å². The summed E-state index contributed by atoms with van der Waals surface area (Å²) in [7, 11) is 4.26. The molecule has 1 N–H and O–H groups in total.